The normalized spacial score (nSPS) is 11.8. The summed E-state index contributed by atoms with van der Waals surface area (Å²) in [7, 11) is 11.6. The molecular formula is C32H43N7O3. The predicted octanol–water partition coefficient (Wildman–Crippen LogP) is 5.35. The lowest BCUT2D eigenvalue weighted by Gasteiger charge is -2.25. The van der Waals surface area contributed by atoms with Crippen LogP contribution in [0.2, 0.25) is 0 Å². The van der Waals surface area contributed by atoms with Crippen molar-refractivity contribution in [1.29, 1.82) is 0 Å². The van der Waals surface area contributed by atoms with Gasteiger partial charge in [0.25, 0.3) is 5.91 Å². The summed E-state index contributed by atoms with van der Waals surface area (Å²) in [5.74, 6) is 1.91. The predicted molar refractivity (Wildman–Crippen MR) is 169 cm³/mol. The second kappa shape index (κ2) is 12.8. The van der Waals surface area contributed by atoms with Crippen LogP contribution in [0.5, 0.6) is 17.4 Å². The monoisotopic (exact) mass is 573 g/mol. The number of ether oxygens (including phenoxy) is 2. The lowest BCUT2D eigenvalue weighted by atomic mass is 9.85. The lowest BCUT2D eigenvalue weighted by molar-refractivity contribution is 0.101. The maximum atomic E-state index is 13.8. The molecule has 2 aromatic heterocycles. The molecular weight excluding hydrogens is 530 g/mol. The first-order chi connectivity index (χ1) is 19.9. The number of aryl methyl sites for hydroxylation is 1. The van der Waals surface area contributed by atoms with E-state index in [2.05, 4.69) is 57.2 Å². The first-order valence-corrected chi connectivity index (χ1v) is 14.0. The van der Waals surface area contributed by atoms with Gasteiger partial charge in [-0.05, 0) is 57.4 Å². The molecule has 0 radical (unpaired) electrons. The smallest absolute Gasteiger partial charge is 0.272 e. The summed E-state index contributed by atoms with van der Waals surface area (Å²) >= 11 is 0. The van der Waals surface area contributed by atoms with Gasteiger partial charge < -0.3 is 34.5 Å². The summed E-state index contributed by atoms with van der Waals surface area (Å²) < 4.78 is 13.9. The number of benzene rings is 2. The average molecular weight is 574 g/mol. The van der Waals surface area contributed by atoms with Crippen LogP contribution in [-0.2, 0) is 19.0 Å². The van der Waals surface area contributed by atoms with Crippen molar-refractivity contribution in [3.8, 4) is 17.4 Å². The van der Waals surface area contributed by atoms with Crippen molar-refractivity contribution in [2.45, 2.75) is 32.7 Å². The number of likely N-dealkylation sites (N-methyl/N-ethyl adjacent to an activating group) is 1. The van der Waals surface area contributed by atoms with Crippen LogP contribution in [0, 0.1) is 0 Å². The molecule has 10 nitrogen and oxygen atoms in total. The Labute approximate surface area is 248 Å². The molecule has 2 N–H and O–H groups in total. The van der Waals surface area contributed by atoms with Gasteiger partial charge in [0.1, 0.15) is 11.4 Å². The number of nitrogens with zero attached hydrogens (tertiary/aromatic N) is 5. The van der Waals surface area contributed by atoms with Crippen molar-refractivity contribution in [3.63, 3.8) is 0 Å². The van der Waals surface area contributed by atoms with E-state index < -0.39 is 0 Å². The highest BCUT2D eigenvalue weighted by atomic mass is 16.5. The zero-order valence-corrected chi connectivity index (χ0v) is 26.2. The highest BCUT2D eigenvalue weighted by molar-refractivity contribution is 6.07. The van der Waals surface area contributed by atoms with Gasteiger partial charge in [0.05, 0.1) is 18.3 Å². The minimum atomic E-state index is -0.241. The molecule has 0 unspecified atom stereocenters. The maximum absolute atomic E-state index is 13.8. The minimum absolute atomic E-state index is 0.110. The van der Waals surface area contributed by atoms with Gasteiger partial charge in [0, 0.05) is 49.9 Å². The Morgan fingerprint density at radius 3 is 2.48 bits per heavy atom. The molecule has 0 aliphatic rings. The van der Waals surface area contributed by atoms with E-state index in [1.54, 1.807) is 19.4 Å². The Balaban J connectivity index is 1.65. The number of amides is 1. The number of methoxy groups -OCH3 is 1. The average Bonchev–Trinajstić information content (AvgIpc) is 3.25. The Bertz CT molecular complexity index is 1550. The number of rotatable bonds is 11. The van der Waals surface area contributed by atoms with Crippen LogP contribution in [-0.4, -0.2) is 78.6 Å². The number of para-hydroxylation sites is 1. The van der Waals surface area contributed by atoms with Crippen LogP contribution < -0.4 is 20.1 Å². The molecule has 0 saturated carbocycles. The molecule has 42 heavy (non-hydrogen) atoms. The van der Waals surface area contributed by atoms with Crippen LogP contribution in [0.1, 0.15) is 42.4 Å². The molecule has 224 valence electrons. The number of carbonyl (C=O) groups is 1. The summed E-state index contributed by atoms with van der Waals surface area (Å²) in [5, 5.41) is 7.23. The van der Waals surface area contributed by atoms with Gasteiger partial charge in [0.15, 0.2) is 5.75 Å². The molecule has 2 aromatic carbocycles. The number of hydrogen-bond donors (Lipinski definition) is 2. The highest BCUT2D eigenvalue weighted by Gasteiger charge is 2.23. The minimum Gasteiger partial charge on any atom is -0.494 e. The summed E-state index contributed by atoms with van der Waals surface area (Å²) in [6.07, 6.45) is 1.66. The molecule has 1 amide bonds. The van der Waals surface area contributed by atoms with Crippen molar-refractivity contribution < 1.29 is 14.3 Å². The van der Waals surface area contributed by atoms with Crippen LogP contribution >= 0.6 is 0 Å². The molecule has 2 heterocycles. The standard InChI is InChI=1S/C32H43N7O3/c1-32(2,3)23-17-22(20-38(6)7)29(41-9)24(19-23)35-30(40)25-18-21-11-10-12-26(28(21)39(25)8)42-27-13-14-33-31(36-27)34-15-16-37(4)5/h10-14,17-19H,15-16,20H2,1-9H3,(H,35,40)(H,33,34,36). The van der Waals surface area contributed by atoms with E-state index >= 15 is 0 Å². The molecule has 10 heteroatoms. The second-order valence-electron chi connectivity index (χ2n) is 12.0. The van der Waals surface area contributed by atoms with Crippen molar-refractivity contribution in [2.24, 2.45) is 7.05 Å². The van der Waals surface area contributed by atoms with Gasteiger partial charge in [0.2, 0.25) is 11.8 Å². The van der Waals surface area contributed by atoms with Crippen LogP contribution in [0.15, 0.2) is 48.7 Å². The third kappa shape index (κ3) is 7.18. The summed E-state index contributed by atoms with van der Waals surface area (Å²) in [6.45, 7) is 8.72. The van der Waals surface area contributed by atoms with Crippen LogP contribution in [0.25, 0.3) is 10.9 Å². The van der Waals surface area contributed by atoms with Gasteiger partial charge in [-0.15, -0.1) is 0 Å². The van der Waals surface area contributed by atoms with E-state index in [0.29, 0.717) is 47.8 Å². The quantitative estimate of drug-likeness (QED) is 0.248. The molecule has 4 rings (SSSR count). The first-order valence-electron chi connectivity index (χ1n) is 14.0. The zero-order valence-electron chi connectivity index (χ0n) is 26.2. The van der Waals surface area contributed by atoms with Crippen molar-refractivity contribution in [2.75, 3.05) is 59.0 Å². The van der Waals surface area contributed by atoms with E-state index in [1.807, 2.05) is 70.1 Å². The topological polar surface area (TPSA) is 96.8 Å². The molecule has 0 saturated heterocycles. The maximum Gasteiger partial charge on any atom is 0.272 e. The van der Waals surface area contributed by atoms with Crippen molar-refractivity contribution in [1.82, 2.24) is 24.3 Å². The van der Waals surface area contributed by atoms with E-state index in [4.69, 9.17) is 9.47 Å². The fraction of sp³-hybridized carbons (Fsp3) is 0.406. The Morgan fingerprint density at radius 1 is 1.05 bits per heavy atom. The molecule has 0 fully saturated rings. The van der Waals surface area contributed by atoms with Gasteiger partial charge >= 0.3 is 0 Å². The van der Waals surface area contributed by atoms with Crippen LogP contribution in [0.3, 0.4) is 0 Å². The largest absolute Gasteiger partial charge is 0.494 e. The van der Waals surface area contributed by atoms with E-state index in [9.17, 15) is 4.79 Å². The van der Waals surface area contributed by atoms with E-state index in [0.717, 1.165) is 28.6 Å². The first kappa shape index (κ1) is 30.8. The fourth-order valence-corrected chi connectivity index (χ4v) is 4.77. The molecule has 0 aliphatic carbocycles. The number of carbonyl (C=O) groups excluding carboxylic acids is 1. The number of hydrogen-bond acceptors (Lipinski definition) is 8. The molecule has 0 bridgehead atoms. The second-order valence-corrected chi connectivity index (χ2v) is 12.0. The zero-order chi connectivity index (χ0) is 30.6. The molecule has 0 spiro atoms. The van der Waals surface area contributed by atoms with Crippen molar-refractivity contribution >= 4 is 28.4 Å². The van der Waals surface area contributed by atoms with Gasteiger partial charge in [-0.25, -0.2) is 4.98 Å². The van der Waals surface area contributed by atoms with Gasteiger partial charge in [-0.3, -0.25) is 4.79 Å². The number of nitrogens with one attached hydrogen (secondary N) is 2. The van der Waals surface area contributed by atoms with E-state index in [1.165, 1.54) is 0 Å². The summed E-state index contributed by atoms with van der Waals surface area (Å²) in [6, 6.07) is 13.5. The van der Waals surface area contributed by atoms with Crippen molar-refractivity contribution in [3.05, 3.63) is 65.5 Å². The fourth-order valence-electron chi connectivity index (χ4n) is 4.77. The van der Waals surface area contributed by atoms with Crippen LogP contribution in [0.4, 0.5) is 11.6 Å². The number of aromatic nitrogens is 3. The molecule has 0 atom stereocenters. The van der Waals surface area contributed by atoms with Gasteiger partial charge in [-0.1, -0.05) is 39.0 Å². The SMILES string of the molecule is COc1c(CN(C)C)cc(C(C)(C)C)cc1NC(=O)c1cc2cccc(Oc3ccnc(NCCN(C)C)n3)c2n1C. The third-order valence-corrected chi connectivity index (χ3v) is 6.91. The summed E-state index contributed by atoms with van der Waals surface area (Å²) in [4.78, 5) is 26.7. The highest BCUT2D eigenvalue weighted by Crippen LogP contribution is 2.37. The Morgan fingerprint density at radius 2 is 1.81 bits per heavy atom. The summed E-state index contributed by atoms with van der Waals surface area (Å²) in [5.41, 5.74) is 3.94. The Kier molecular flexibility index (Phi) is 9.38. The number of anilines is 2. The van der Waals surface area contributed by atoms with Gasteiger partial charge in [-0.2, -0.15) is 4.98 Å². The Hall–Kier alpha value is -4.15. The third-order valence-electron chi connectivity index (χ3n) is 6.91. The molecule has 4 aromatic rings. The number of fused-ring (bicyclic) bond motifs is 1. The lowest BCUT2D eigenvalue weighted by Crippen LogP contribution is -2.21. The molecule has 0 aliphatic heterocycles. The van der Waals surface area contributed by atoms with E-state index in [-0.39, 0.29) is 11.3 Å².